The van der Waals surface area contributed by atoms with Gasteiger partial charge < -0.3 is 0 Å². The summed E-state index contributed by atoms with van der Waals surface area (Å²) in [5, 5.41) is 0. The maximum Gasteiger partial charge on any atom is 0.145 e. The summed E-state index contributed by atoms with van der Waals surface area (Å²) in [4.78, 5) is 9.88. The molecule has 4 heteroatoms. The van der Waals surface area contributed by atoms with Crippen molar-refractivity contribution in [2.24, 2.45) is 0 Å². The van der Waals surface area contributed by atoms with Gasteiger partial charge in [0.15, 0.2) is 0 Å². The molecule has 0 aliphatic heterocycles. The Morgan fingerprint density at radius 1 is 0.643 bits per heavy atom. The van der Waals surface area contributed by atoms with Crippen LogP contribution in [0, 0.1) is 0 Å². The van der Waals surface area contributed by atoms with Gasteiger partial charge in [0.25, 0.3) is 0 Å². The summed E-state index contributed by atoms with van der Waals surface area (Å²) in [5.74, 6) is 0.931. The SMILES string of the molecule is c1ccc(-c2nc3c(ccc4nc5ccccn5c43)n2-c2ccccc2)cc1. The summed E-state index contributed by atoms with van der Waals surface area (Å²) in [6.45, 7) is 0. The molecule has 0 spiro atoms. The molecule has 0 bridgehead atoms. The number of hydrogen-bond acceptors (Lipinski definition) is 2. The molecule has 3 aromatic heterocycles. The number of para-hydroxylation sites is 1. The number of aromatic nitrogens is 4. The predicted molar refractivity (Wildman–Crippen MR) is 113 cm³/mol. The normalized spacial score (nSPS) is 11.6. The Morgan fingerprint density at radius 2 is 1.39 bits per heavy atom. The largest absolute Gasteiger partial charge is 0.298 e. The molecule has 0 unspecified atom stereocenters. The van der Waals surface area contributed by atoms with Crippen LogP contribution in [-0.2, 0) is 0 Å². The molecule has 0 N–H and O–H groups in total. The van der Waals surface area contributed by atoms with Crippen LogP contribution in [0.5, 0.6) is 0 Å². The first kappa shape index (κ1) is 15.2. The van der Waals surface area contributed by atoms with E-state index in [-0.39, 0.29) is 0 Å². The van der Waals surface area contributed by atoms with Gasteiger partial charge in [-0.15, -0.1) is 0 Å². The number of rotatable bonds is 2. The summed E-state index contributed by atoms with van der Waals surface area (Å²) in [6, 6.07) is 31.0. The molecule has 0 fully saturated rings. The zero-order chi connectivity index (χ0) is 18.5. The van der Waals surface area contributed by atoms with Crippen molar-refractivity contribution in [3.05, 3.63) is 97.2 Å². The topological polar surface area (TPSA) is 35.1 Å². The molecular formula is C24H16N4. The Hall–Kier alpha value is -3.92. The van der Waals surface area contributed by atoms with Crippen LogP contribution < -0.4 is 0 Å². The Balaban J connectivity index is 1.80. The number of pyridine rings is 1. The third-order valence-electron chi connectivity index (χ3n) is 5.14. The van der Waals surface area contributed by atoms with Crippen molar-refractivity contribution < 1.29 is 0 Å². The maximum absolute atomic E-state index is 5.11. The Bertz CT molecular complexity index is 1440. The lowest BCUT2D eigenvalue weighted by atomic mass is 10.2. The number of imidazole rings is 2. The fourth-order valence-corrected chi connectivity index (χ4v) is 3.90. The smallest absolute Gasteiger partial charge is 0.145 e. The van der Waals surface area contributed by atoms with E-state index < -0.39 is 0 Å². The van der Waals surface area contributed by atoms with Crippen molar-refractivity contribution in [1.82, 2.24) is 18.9 Å². The first-order chi connectivity index (χ1) is 13.9. The van der Waals surface area contributed by atoms with Crippen molar-refractivity contribution in [2.75, 3.05) is 0 Å². The number of hydrogen-bond donors (Lipinski definition) is 0. The molecular weight excluding hydrogens is 344 g/mol. The molecule has 0 amide bonds. The van der Waals surface area contributed by atoms with Crippen molar-refractivity contribution in [3.8, 4) is 17.1 Å². The van der Waals surface area contributed by atoms with Crippen LogP contribution in [-0.4, -0.2) is 18.9 Å². The van der Waals surface area contributed by atoms with Crippen LogP contribution in [0.1, 0.15) is 0 Å². The summed E-state index contributed by atoms with van der Waals surface area (Å²) in [6.07, 6.45) is 2.05. The van der Waals surface area contributed by atoms with Crippen LogP contribution in [0.25, 0.3) is 44.8 Å². The average molecular weight is 360 g/mol. The van der Waals surface area contributed by atoms with Gasteiger partial charge in [-0.2, -0.15) is 0 Å². The highest BCUT2D eigenvalue weighted by Crippen LogP contribution is 2.32. The molecule has 6 rings (SSSR count). The lowest BCUT2D eigenvalue weighted by molar-refractivity contribution is 1.10. The zero-order valence-corrected chi connectivity index (χ0v) is 15.0. The van der Waals surface area contributed by atoms with Crippen LogP contribution in [0.3, 0.4) is 0 Å². The standard InChI is InChI=1S/C24H16N4/c1-3-9-17(10-4-1)24-26-22-20(28(24)18-11-5-2-6-12-18)15-14-19-23(22)27-16-8-7-13-21(27)25-19/h1-16H. The molecule has 0 radical (unpaired) electrons. The van der Waals surface area contributed by atoms with Gasteiger partial charge in [0.2, 0.25) is 0 Å². The molecule has 0 aliphatic carbocycles. The van der Waals surface area contributed by atoms with Gasteiger partial charge >= 0.3 is 0 Å². The van der Waals surface area contributed by atoms with Crippen LogP contribution >= 0.6 is 0 Å². The third kappa shape index (κ3) is 2.12. The van der Waals surface area contributed by atoms with Gasteiger partial charge in [0.1, 0.15) is 22.5 Å². The molecule has 0 saturated carbocycles. The van der Waals surface area contributed by atoms with E-state index in [1.807, 2.05) is 48.7 Å². The molecule has 3 aromatic carbocycles. The first-order valence-corrected chi connectivity index (χ1v) is 9.29. The number of fused-ring (bicyclic) bond motifs is 5. The van der Waals surface area contributed by atoms with Gasteiger partial charge in [0, 0.05) is 17.4 Å². The molecule has 3 heterocycles. The van der Waals surface area contributed by atoms with Gasteiger partial charge in [-0.3, -0.25) is 8.97 Å². The third-order valence-corrected chi connectivity index (χ3v) is 5.14. The second-order valence-electron chi connectivity index (χ2n) is 6.81. The average Bonchev–Trinajstić information content (AvgIpc) is 3.33. The van der Waals surface area contributed by atoms with E-state index >= 15 is 0 Å². The second kappa shape index (κ2) is 5.79. The van der Waals surface area contributed by atoms with Crippen LogP contribution in [0.4, 0.5) is 0 Å². The molecule has 0 atom stereocenters. The molecule has 132 valence electrons. The monoisotopic (exact) mass is 360 g/mol. The number of nitrogens with zero attached hydrogens (tertiary/aromatic N) is 4. The minimum Gasteiger partial charge on any atom is -0.298 e. The van der Waals surface area contributed by atoms with Crippen molar-refractivity contribution in [3.63, 3.8) is 0 Å². The molecule has 0 saturated heterocycles. The van der Waals surface area contributed by atoms with Crippen molar-refractivity contribution in [2.45, 2.75) is 0 Å². The summed E-state index contributed by atoms with van der Waals surface area (Å²) in [7, 11) is 0. The lowest BCUT2D eigenvalue weighted by Crippen LogP contribution is -1.97. The summed E-state index contributed by atoms with van der Waals surface area (Å²) < 4.78 is 4.35. The molecule has 28 heavy (non-hydrogen) atoms. The molecule has 6 aromatic rings. The van der Waals surface area contributed by atoms with E-state index in [0.29, 0.717) is 0 Å². The molecule has 0 aliphatic rings. The van der Waals surface area contributed by atoms with E-state index in [2.05, 4.69) is 57.5 Å². The van der Waals surface area contributed by atoms with Crippen molar-refractivity contribution in [1.29, 1.82) is 0 Å². The quantitative estimate of drug-likeness (QED) is 0.409. The Labute approximate surface area is 161 Å². The summed E-state index contributed by atoms with van der Waals surface area (Å²) in [5.41, 5.74) is 7.14. The highest BCUT2D eigenvalue weighted by Gasteiger charge is 2.18. The van der Waals surface area contributed by atoms with E-state index in [4.69, 9.17) is 9.97 Å². The van der Waals surface area contributed by atoms with Crippen molar-refractivity contribution >= 4 is 27.7 Å². The van der Waals surface area contributed by atoms with E-state index in [9.17, 15) is 0 Å². The number of benzene rings is 3. The lowest BCUT2D eigenvalue weighted by Gasteiger charge is -2.09. The fourth-order valence-electron chi connectivity index (χ4n) is 3.90. The molecule has 4 nitrogen and oxygen atoms in total. The fraction of sp³-hybridized carbons (Fsp3) is 0. The maximum atomic E-state index is 5.11. The van der Waals surface area contributed by atoms with Gasteiger partial charge in [0.05, 0.1) is 11.0 Å². The minimum atomic E-state index is 0.931. The van der Waals surface area contributed by atoms with Crippen LogP contribution in [0.15, 0.2) is 97.2 Å². The zero-order valence-electron chi connectivity index (χ0n) is 15.0. The van der Waals surface area contributed by atoms with Gasteiger partial charge in [-0.1, -0.05) is 54.6 Å². The van der Waals surface area contributed by atoms with E-state index in [1.54, 1.807) is 0 Å². The summed E-state index contributed by atoms with van der Waals surface area (Å²) >= 11 is 0. The minimum absolute atomic E-state index is 0.931. The highest BCUT2D eigenvalue weighted by atomic mass is 15.1. The van der Waals surface area contributed by atoms with Gasteiger partial charge in [-0.25, -0.2) is 9.97 Å². The van der Waals surface area contributed by atoms with E-state index in [0.717, 1.165) is 44.8 Å². The predicted octanol–water partition coefficient (Wildman–Crippen LogP) is 5.49. The second-order valence-corrected chi connectivity index (χ2v) is 6.81. The Kier molecular flexibility index (Phi) is 3.14. The van der Waals surface area contributed by atoms with E-state index in [1.165, 1.54) is 0 Å². The van der Waals surface area contributed by atoms with Crippen LogP contribution in [0.2, 0.25) is 0 Å². The van der Waals surface area contributed by atoms with Gasteiger partial charge in [-0.05, 0) is 36.4 Å². The Morgan fingerprint density at radius 3 is 2.21 bits per heavy atom. The highest BCUT2D eigenvalue weighted by molar-refractivity contribution is 6.04. The first-order valence-electron chi connectivity index (χ1n) is 9.29.